The molecule has 166 valence electrons. The first-order chi connectivity index (χ1) is 14.5. The normalized spacial score (nSPS) is 12.7. The van der Waals surface area contributed by atoms with Gasteiger partial charge in [0.25, 0.3) is 5.91 Å². The second kappa shape index (κ2) is 9.02. The summed E-state index contributed by atoms with van der Waals surface area (Å²) in [4.78, 5) is 19.4. The van der Waals surface area contributed by atoms with Crippen LogP contribution in [0.25, 0.3) is 5.65 Å². The molecule has 31 heavy (non-hydrogen) atoms. The third-order valence-electron chi connectivity index (χ3n) is 4.72. The maximum absolute atomic E-state index is 13.5. The van der Waals surface area contributed by atoms with Gasteiger partial charge in [-0.25, -0.2) is 17.9 Å². The molecule has 2 aromatic heterocycles. The van der Waals surface area contributed by atoms with Crippen LogP contribution in [-0.4, -0.2) is 46.6 Å². The molecule has 8 nitrogen and oxygen atoms in total. The summed E-state index contributed by atoms with van der Waals surface area (Å²) in [7, 11) is -3.58. The van der Waals surface area contributed by atoms with Crippen molar-refractivity contribution >= 4 is 50.5 Å². The Bertz CT molecular complexity index is 1200. The number of hydrogen-bond donors (Lipinski definition) is 1. The van der Waals surface area contributed by atoms with Gasteiger partial charge in [-0.1, -0.05) is 30.1 Å². The third-order valence-corrected chi connectivity index (χ3v) is 5.93. The summed E-state index contributed by atoms with van der Waals surface area (Å²) in [5, 5.41) is 5.28. The van der Waals surface area contributed by atoms with E-state index in [0.717, 1.165) is 11.8 Å². The number of halogens is 2. The van der Waals surface area contributed by atoms with Gasteiger partial charge in [0.2, 0.25) is 10.0 Å². The molecule has 11 heteroatoms. The minimum absolute atomic E-state index is 0.166. The van der Waals surface area contributed by atoms with Gasteiger partial charge >= 0.3 is 0 Å². The molecule has 0 fully saturated rings. The van der Waals surface area contributed by atoms with Crippen molar-refractivity contribution in [1.82, 2.24) is 19.5 Å². The Morgan fingerprint density at radius 1 is 1.29 bits per heavy atom. The van der Waals surface area contributed by atoms with Gasteiger partial charge < -0.3 is 4.90 Å². The van der Waals surface area contributed by atoms with Crippen LogP contribution in [0.2, 0.25) is 10.2 Å². The monoisotopic (exact) mass is 483 g/mol. The lowest BCUT2D eigenvalue weighted by atomic mass is 10.1. The van der Waals surface area contributed by atoms with Crippen molar-refractivity contribution < 1.29 is 13.2 Å². The lowest BCUT2D eigenvalue weighted by molar-refractivity contribution is 0.0688. The Hall–Kier alpha value is -2.36. The Kier molecular flexibility index (Phi) is 6.78. The molecule has 0 aliphatic heterocycles. The number of anilines is 1. The largest absolute Gasteiger partial charge is 0.330 e. The van der Waals surface area contributed by atoms with Crippen LogP contribution in [0.4, 0.5) is 5.69 Å². The predicted molar refractivity (Wildman–Crippen MR) is 122 cm³/mol. The van der Waals surface area contributed by atoms with E-state index in [-0.39, 0.29) is 17.2 Å². The van der Waals surface area contributed by atoms with E-state index in [9.17, 15) is 13.2 Å². The first-order valence-electron chi connectivity index (χ1n) is 9.61. The molecular weight excluding hydrogens is 461 g/mol. The number of benzene rings is 1. The first kappa shape index (κ1) is 23.3. The third kappa shape index (κ3) is 5.28. The molecule has 1 atom stereocenters. The minimum Gasteiger partial charge on any atom is -0.330 e. The van der Waals surface area contributed by atoms with Crippen molar-refractivity contribution in [2.24, 2.45) is 0 Å². The molecule has 0 aliphatic carbocycles. The number of carbonyl (C=O) groups excluding carboxylic acids is 1. The van der Waals surface area contributed by atoms with Crippen LogP contribution in [0, 0.1) is 6.92 Å². The van der Waals surface area contributed by atoms with Crippen molar-refractivity contribution in [3.05, 3.63) is 57.5 Å². The molecule has 0 saturated carbocycles. The van der Waals surface area contributed by atoms with E-state index < -0.39 is 16.1 Å². The first-order valence-corrected chi connectivity index (χ1v) is 12.3. The van der Waals surface area contributed by atoms with E-state index >= 15 is 0 Å². The SMILES string of the molecule is CCCN(C(=O)c1cc(Cl)ccc1NS(C)(=O)=O)C(C)c1cc2nc(Cl)c(C)cn2n1. The van der Waals surface area contributed by atoms with E-state index in [2.05, 4.69) is 14.8 Å². The number of hydrogen-bond acceptors (Lipinski definition) is 5. The number of nitrogens with one attached hydrogen (secondary N) is 1. The van der Waals surface area contributed by atoms with E-state index in [1.165, 1.54) is 18.2 Å². The number of aromatic nitrogens is 3. The maximum atomic E-state index is 13.5. The molecule has 3 aromatic rings. The standard InChI is InChI=1S/C20H23Cl2N5O3S/c1-5-8-26(13(3)17-10-18-23-19(22)12(2)11-27(18)24-17)20(28)15-9-14(21)6-7-16(15)25-31(4,29)30/h6-7,9-11,13,25H,5,8H2,1-4H3. The maximum Gasteiger partial charge on any atom is 0.256 e. The Morgan fingerprint density at radius 3 is 2.65 bits per heavy atom. The van der Waals surface area contributed by atoms with E-state index in [1.54, 1.807) is 21.7 Å². The molecule has 0 spiro atoms. The number of nitrogens with zero attached hydrogens (tertiary/aromatic N) is 4. The average molecular weight is 484 g/mol. The lowest BCUT2D eigenvalue weighted by Gasteiger charge is -2.28. The molecule has 0 saturated heterocycles. The van der Waals surface area contributed by atoms with Crippen LogP contribution >= 0.6 is 23.2 Å². The molecule has 1 aromatic carbocycles. The smallest absolute Gasteiger partial charge is 0.256 e. The van der Waals surface area contributed by atoms with Crippen molar-refractivity contribution in [3.63, 3.8) is 0 Å². The molecular formula is C20H23Cl2N5O3S. The molecule has 1 amide bonds. The minimum atomic E-state index is -3.58. The van der Waals surface area contributed by atoms with Crippen LogP contribution in [0.15, 0.2) is 30.5 Å². The van der Waals surface area contributed by atoms with Gasteiger partial charge in [-0.05, 0) is 38.5 Å². The van der Waals surface area contributed by atoms with Crippen molar-refractivity contribution in [2.75, 3.05) is 17.5 Å². The highest BCUT2D eigenvalue weighted by molar-refractivity contribution is 7.92. The van der Waals surface area contributed by atoms with E-state index in [0.29, 0.717) is 34.5 Å². The van der Waals surface area contributed by atoms with Crippen molar-refractivity contribution in [1.29, 1.82) is 0 Å². The number of fused-ring (bicyclic) bond motifs is 1. The van der Waals surface area contributed by atoms with Crippen molar-refractivity contribution in [3.8, 4) is 0 Å². The molecule has 3 rings (SSSR count). The van der Waals surface area contributed by atoms with Gasteiger partial charge in [-0.15, -0.1) is 0 Å². The van der Waals surface area contributed by atoms with Crippen LogP contribution in [-0.2, 0) is 10.0 Å². The molecule has 0 radical (unpaired) electrons. The Balaban J connectivity index is 2.02. The molecule has 1 N–H and O–H groups in total. The van der Waals surface area contributed by atoms with Crippen LogP contribution in [0.3, 0.4) is 0 Å². The number of sulfonamides is 1. The quantitative estimate of drug-likeness (QED) is 0.504. The number of carbonyl (C=O) groups is 1. The Morgan fingerprint density at radius 2 is 2.00 bits per heavy atom. The topological polar surface area (TPSA) is 96.7 Å². The molecule has 0 bridgehead atoms. The highest BCUT2D eigenvalue weighted by atomic mass is 35.5. The van der Waals surface area contributed by atoms with Gasteiger partial charge in [-0.3, -0.25) is 9.52 Å². The van der Waals surface area contributed by atoms with Gasteiger partial charge in [0.1, 0.15) is 5.15 Å². The predicted octanol–water partition coefficient (Wildman–Crippen LogP) is 4.33. The summed E-state index contributed by atoms with van der Waals surface area (Å²) < 4.78 is 27.5. The van der Waals surface area contributed by atoms with Crippen LogP contribution < -0.4 is 4.72 Å². The summed E-state index contributed by atoms with van der Waals surface area (Å²) in [6.07, 6.45) is 3.50. The zero-order valence-electron chi connectivity index (χ0n) is 17.6. The highest BCUT2D eigenvalue weighted by Gasteiger charge is 2.27. The van der Waals surface area contributed by atoms with Crippen LogP contribution in [0.1, 0.15) is 47.9 Å². The second-order valence-electron chi connectivity index (χ2n) is 7.33. The zero-order chi connectivity index (χ0) is 22.9. The fourth-order valence-electron chi connectivity index (χ4n) is 3.22. The van der Waals surface area contributed by atoms with Crippen molar-refractivity contribution in [2.45, 2.75) is 33.2 Å². The van der Waals surface area contributed by atoms with Gasteiger partial charge in [0.05, 0.1) is 29.2 Å². The number of aryl methyl sites for hydroxylation is 1. The molecule has 0 aliphatic rings. The second-order valence-corrected chi connectivity index (χ2v) is 9.87. The summed E-state index contributed by atoms with van der Waals surface area (Å²) in [5.41, 5.74) is 2.33. The summed E-state index contributed by atoms with van der Waals surface area (Å²) in [6, 6.07) is 5.84. The van der Waals surface area contributed by atoms with Gasteiger partial charge in [0, 0.05) is 29.4 Å². The average Bonchev–Trinajstić information content (AvgIpc) is 3.08. The molecule has 1 unspecified atom stereocenters. The number of amides is 1. The number of rotatable bonds is 7. The Labute approximate surface area is 191 Å². The summed E-state index contributed by atoms with van der Waals surface area (Å²) in [5.74, 6) is -0.359. The highest BCUT2D eigenvalue weighted by Crippen LogP contribution is 2.28. The fraction of sp³-hybridized carbons (Fsp3) is 0.350. The summed E-state index contributed by atoms with van der Waals surface area (Å²) >= 11 is 12.2. The fourth-order valence-corrected chi connectivity index (χ4v) is 4.10. The van der Waals surface area contributed by atoms with E-state index in [4.69, 9.17) is 23.2 Å². The van der Waals surface area contributed by atoms with E-state index in [1.807, 2.05) is 20.8 Å². The molecule has 2 heterocycles. The lowest BCUT2D eigenvalue weighted by Crippen LogP contribution is -2.35. The van der Waals surface area contributed by atoms with Gasteiger partial charge in [-0.2, -0.15) is 5.10 Å². The van der Waals surface area contributed by atoms with Gasteiger partial charge in [0.15, 0.2) is 5.65 Å². The zero-order valence-corrected chi connectivity index (χ0v) is 19.9. The van der Waals surface area contributed by atoms with Crippen LogP contribution in [0.5, 0.6) is 0 Å². The summed E-state index contributed by atoms with van der Waals surface area (Å²) in [6.45, 7) is 6.08.